The summed E-state index contributed by atoms with van der Waals surface area (Å²) >= 11 is 0. The summed E-state index contributed by atoms with van der Waals surface area (Å²) in [4.78, 5) is 0. The van der Waals surface area contributed by atoms with Crippen molar-refractivity contribution in [1.82, 2.24) is 9.78 Å². The second kappa shape index (κ2) is 5.44. The predicted octanol–water partition coefficient (Wildman–Crippen LogP) is 2.57. The van der Waals surface area contributed by atoms with Crippen molar-refractivity contribution in [2.24, 2.45) is 7.05 Å². The van der Waals surface area contributed by atoms with Gasteiger partial charge in [-0.2, -0.15) is 10.4 Å². The van der Waals surface area contributed by atoms with Gasteiger partial charge >= 0.3 is 0 Å². The van der Waals surface area contributed by atoms with Crippen LogP contribution in [0.25, 0.3) is 0 Å². The van der Waals surface area contributed by atoms with Gasteiger partial charge in [-0.1, -0.05) is 13.3 Å². The summed E-state index contributed by atoms with van der Waals surface area (Å²) in [5.41, 5.74) is 9.22. The normalized spacial score (nSPS) is 10.2. The first kappa shape index (κ1) is 13.0. The van der Waals surface area contributed by atoms with Crippen LogP contribution in [0.15, 0.2) is 24.3 Å². The van der Waals surface area contributed by atoms with Gasteiger partial charge in [0.15, 0.2) is 5.82 Å². The van der Waals surface area contributed by atoms with Gasteiger partial charge in [0, 0.05) is 12.7 Å². The third-order valence-corrected chi connectivity index (χ3v) is 2.92. The summed E-state index contributed by atoms with van der Waals surface area (Å²) in [5.74, 6) is 0.785. The zero-order valence-corrected chi connectivity index (χ0v) is 11.1. The van der Waals surface area contributed by atoms with Gasteiger partial charge in [0.05, 0.1) is 23.0 Å². The van der Waals surface area contributed by atoms with Crippen LogP contribution >= 0.6 is 0 Å². The highest BCUT2D eigenvalue weighted by Gasteiger charge is 2.12. The third kappa shape index (κ3) is 2.68. The van der Waals surface area contributed by atoms with Crippen LogP contribution < -0.4 is 11.1 Å². The molecular weight excluding hydrogens is 238 g/mol. The molecule has 2 aromatic rings. The molecule has 5 heteroatoms. The van der Waals surface area contributed by atoms with E-state index < -0.39 is 0 Å². The molecular formula is C14H17N5. The van der Waals surface area contributed by atoms with E-state index in [9.17, 15) is 0 Å². The molecule has 0 atom stereocenters. The summed E-state index contributed by atoms with van der Waals surface area (Å²) in [7, 11) is 1.86. The maximum Gasteiger partial charge on any atom is 0.152 e. The topological polar surface area (TPSA) is 79.7 Å². The van der Waals surface area contributed by atoms with E-state index in [1.54, 1.807) is 16.8 Å². The molecule has 5 nitrogen and oxygen atoms in total. The number of nitriles is 1. The Hall–Kier alpha value is -2.48. The average molecular weight is 255 g/mol. The summed E-state index contributed by atoms with van der Waals surface area (Å²) < 4.78 is 1.75. The van der Waals surface area contributed by atoms with E-state index in [0.29, 0.717) is 11.3 Å². The molecule has 0 aliphatic heterocycles. The van der Waals surface area contributed by atoms with E-state index in [1.165, 1.54) is 0 Å². The van der Waals surface area contributed by atoms with Crippen LogP contribution in [0.3, 0.4) is 0 Å². The molecule has 0 radical (unpaired) electrons. The molecule has 0 unspecified atom stereocenters. The molecule has 1 aromatic carbocycles. The Balaban J connectivity index is 2.25. The Morgan fingerprint density at radius 1 is 1.37 bits per heavy atom. The van der Waals surface area contributed by atoms with Crippen molar-refractivity contribution in [1.29, 1.82) is 5.26 Å². The van der Waals surface area contributed by atoms with Gasteiger partial charge in [-0.15, -0.1) is 0 Å². The van der Waals surface area contributed by atoms with Crippen molar-refractivity contribution in [3.8, 4) is 6.07 Å². The minimum atomic E-state index is 0.634. The first-order chi connectivity index (χ1) is 9.15. The van der Waals surface area contributed by atoms with Crippen LogP contribution in [0.1, 0.15) is 24.6 Å². The van der Waals surface area contributed by atoms with Gasteiger partial charge in [0.1, 0.15) is 0 Å². The lowest BCUT2D eigenvalue weighted by Gasteiger charge is -2.07. The Bertz CT molecular complexity index is 604. The molecule has 2 rings (SSSR count). The number of nitrogens with two attached hydrogens (primary N) is 1. The molecule has 0 fully saturated rings. The van der Waals surface area contributed by atoms with E-state index in [-0.39, 0.29) is 0 Å². The van der Waals surface area contributed by atoms with Gasteiger partial charge in [0.25, 0.3) is 0 Å². The largest absolute Gasteiger partial charge is 0.394 e. The van der Waals surface area contributed by atoms with Crippen LogP contribution in [-0.2, 0) is 13.5 Å². The van der Waals surface area contributed by atoms with Gasteiger partial charge in [0.2, 0.25) is 0 Å². The number of aryl methyl sites for hydroxylation is 2. The summed E-state index contributed by atoms with van der Waals surface area (Å²) in [5, 5.41) is 16.4. The number of nitrogens with zero attached hydrogens (tertiary/aromatic N) is 3. The summed E-state index contributed by atoms with van der Waals surface area (Å²) in [6.45, 7) is 2.10. The summed E-state index contributed by atoms with van der Waals surface area (Å²) in [6, 6.07) is 9.33. The monoisotopic (exact) mass is 255 g/mol. The quantitative estimate of drug-likeness (QED) is 0.880. The molecule has 0 bridgehead atoms. The highest BCUT2D eigenvalue weighted by molar-refractivity contribution is 5.71. The molecule has 19 heavy (non-hydrogen) atoms. The Morgan fingerprint density at radius 3 is 2.63 bits per heavy atom. The van der Waals surface area contributed by atoms with E-state index in [0.717, 1.165) is 30.0 Å². The first-order valence-corrected chi connectivity index (χ1v) is 6.24. The van der Waals surface area contributed by atoms with Crippen LogP contribution in [-0.4, -0.2) is 9.78 Å². The highest BCUT2D eigenvalue weighted by atomic mass is 15.3. The second-order valence-corrected chi connectivity index (χ2v) is 4.40. The van der Waals surface area contributed by atoms with Crippen LogP contribution in [0.4, 0.5) is 17.2 Å². The molecule has 0 saturated carbocycles. The standard InChI is InChI=1S/C14H17N5/c1-3-4-12-13(16)14(19(2)18-12)17-11-7-5-10(9-15)6-8-11/h5-8,17H,3-4,16H2,1-2H3. The predicted molar refractivity (Wildman–Crippen MR) is 76.1 cm³/mol. The lowest BCUT2D eigenvalue weighted by atomic mass is 10.2. The number of hydrogen-bond donors (Lipinski definition) is 2. The zero-order valence-electron chi connectivity index (χ0n) is 11.1. The number of hydrogen-bond acceptors (Lipinski definition) is 4. The third-order valence-electron chi connectivity index (χ3n) is 2.92. The fraction of sp³-hybridized carbons (Fsp3) is 0.286. The fourth-order valence-electron chi connectivity index (χ4n) is 1.93. The first-order valence-electron chi connectivity index (χ1n) is 6.24. The van der Waals surface area contributed by atoms with Crippen molar-refractivity contribution in [3.63, 3.8) is 0 Å². The van der Waals surface area contributed by atoms with E-state index in [4.69, 9.17) is 11.0 Å². The van der Waals surface area contributed by atoms with Crippen LogP contribution in [0.5, 0.6) is 0 Å². The Morgan fingerprint density at radius 2 is 2.05 bits per heavy atom. The second-order valence-electron chi connectivity index (χ2n) is 4.40. The number of benzene rings is 1. The van der Waals surface area contributed by atoms with Gasteiger partial charge in [-0.05, 0) is 30.7 Å². The van der Waals surface area contributed by atoms with Crippen molar-refractivity contribution in [2.75, 3.05) is 11.1 Å². The molecule has 1 aromatic heterocycles. The number of nitrogens with one attached hydrogen (secondary N) is 1. The molecule has 3 N–H and O–H groups in total. The lowest BCUT2D eigenvalue weighted by Crippen LogP contribution is -2.01. The average Bonchev–Trinajstić information content (AvgIpc) is 2.68. The number of anilines is 3. The number of rotatable bonds is 4. The maximum absolute atomic E-state index is 8.76. The smallest absolute Gasteiger partial charge is 0.152 e. The van der Waals surface area contributed by atoms with Crippen molar-refractivity contribution in [3.05, 3.63) is 35.5 Å². The van der Waals surface area contributed by atoms with Crippen molar-refractivity contribution in [2.45, 2.75) is 19.8 Å². The highest BCUT2D eigenvalue weighted by Crippen LogP contribution is 2.26. The SMILES string of the molecule is CCCc1nn(C)c(Nc2ccc(C#N)cc2)c1N. The lowest BCUT2D eigenvalue weighted by molar-refractivity contribution is 0.740. The maximum atomic E-state index is 8.76. The van der Waals surface area contributed by atoms with Crippen LogP contribution in [0.2, 0.25) is 0 Å². The van der Waals surface area contributed by atoms with Gasteiger partial charge in [-0.25, -0.2) is 0 Å². The Labute approximate surface area is 112 Å². The molecule has 0 aliphatic carbocycles. The summed E-state index contributed by atoms with van der Waals surface area (Å²) in [6.07, 6.45) is 1.88. The Kier molecular flexibility index (Phi) is 3.71. The molecule has 98 valence electrons. The molecule has 1 heterocycles. The molecule has 0 spiro atoms. The van der Waals surface area contributed by atoms with Gasteiger partial charge in [-0.3, -0.25) is 4.68 Å². The molecule has 0 amide bonds. The van der Waals surface area contributed by atoms with E-state index >= 15 is 0 Å². The fourth-order valence-corrected chi connectivity index (χ4v) is 1.93. The van der Waals surface area contributed by atoms with Crippen molar-refractivity contribution >= 4 is 17.2 Å². The zero-order chi connectivity index (χ0) is 13.8. The molecule has 0 aliphatic rings. The number of aromatic nitrogens is 2. The minimum Gasteiger partial charge on any atom is -0.394 e. The van der Waals surface area contributed by atoms with Crippen LogP contribution in [0, 0.1) is 11.3 Å². The van der Waals surface area contributed by atoms with Gasteiger partial charge < -0.3 is 11.1 Å². The van der Waals surface area contributed by atoms with E-state index in [1.807, 2.05) is 19.2 Å². The minimum absolute atomic E-state index is 0.634. The molecule has 0 saturated heterocycles. The van der Waals surface area contributed by atoms with E-state index in [2.05, 4.69) is 23.4 Å². The van der Waals surface area contributed by atoms with Crippen molar-refractivity contribution < 1.29 is 0 Å². The number of nitrogen functional groups attached to an aromatic ring is 1.